The minimum atomic E-state index is -0.0649. The summed E-state index contributed by atoms with van der Waals surface area (Å²) in [6.45, 7) is 1.50. The molecule has 0 aromatic heterocycles. The molecule has 0 heterocycles. The van der Waals surface area contributed by atoms with E-state index in [1.165, 1.54) is 12.1 Å². The molecule has 0 radical (unpaired) electrons. The SMILES string of the molecule is CN(C)CCN(C)C(=O)COc1ccc(O)cc1. The van der Waals surface area contributed by atoms with Gasteiger partial charge in [0.05, 0.1) is 0 Å². The summed E-state index contributed by atoms with van der Waals surface area (Å²) in [5, 5.41) is 9.11. The quantitative estimate of drug-likeness (QED) is 0.813. The normalized spacial score (nSPS) is 10.4. The van der Waals surface area contributed by atoms with E-state index in [4.69, 9.17) is 9.84 Å². The number of amides is 1. The zero-order chi connectivity index (χ0) is 13.5. The van der Waals surface area contributed by atoms with Gasteiger partial charge in [0.25, 0.3) is 5.91 Å². The maximum absolute atomic E-state index is 11.7. The second-order valence-corrected chi connectivity index (χ2v) is 4.40. The van der Waals surface area contributed by atoms with Crippen LogP contribution in [-0.2, 0) is 4.79 Å². The van der Waals surface area contributed by atoms with Crippen molar-refractivity contribution in [3.63, 3.8) is 0 Å². The molecule has 1 N–H and O–H groups in total. The lowest BCUT2D eigenvalue weighted by molar-refractivity contribution is -0.132. The number of ether oxygens (including phenoxy) is 1. The zero-order valence-corrected chi connectivity index (χ0v) is 11.1. The highest BCUT2D eigenvalue weighted by molar-refractivity contribution is 5.77. The van der Waals surface area contributed by atoms with E-state index in [9.17, 15) is 4.79 Å². The Morgan fingerprint density at radius 1 is 1.17 bits per heavy atom. The number of nitrogens with zero attached hydrogens (tertiary/aromatic N) is 2. The van der Waals surface area contributed by atoms with Gasteiger partial charge in [0.2, 0.25) is 0 Å². The number of phenols is 1. The summed E-state index contributed by atoms with van der Waals surface area (Å²) >= 11 is 0. The lowest BCUT2D eigenvalue weighted by Gasteiger charge is -2.19. The molecule has 5 heteroatoms. The summed E-state index contributed by atoms with van der Waals surface area (Å²) in [4.78, 5) is 15.4. The molecule has 1 aromatic rings. The van der Waals surface area contributed by atoms with Gasteiger partial charge < -0.3 is 19.6 Å². The number of benzene rings is 1. The van der Waals surface area contributed by atoms with Crippen molar-refractivity contribution in [3.8, 4) is 11.5 Å². The van der Waals surface area contributed by atoms with Crippen LogP contribution >= 0.6 is 0 Å². The first kappa shape index (κ1) is 14.3. The predicted octanol–water partition coefficient (Wildman–Crippen LogP) is 0.791. The molecule has 0 spiro atoms. The lowest BCUT2D eigenvalue weighted by Crippen LogP contribution is -2.36. The van der Waals surface area contributed by atoms with Gasteiger partial charge in [-0.3, -0.25) is 4.79 Å². The number of hydrogen-bond acceptors (Lipinski definition) is 4. The van der Waals surface area contributed by atoms with Crippen LogP contribution in [-0.4, -0.2) is 61.7 Å². The summed E-state index contributed by atoms with van der Waals surface area (Å²) in [5.41, 5.74) is 0. The molecule has 5 nitrogen and oxygen atoms in total. The Labute approximate surface area is 108 Å². The van der Waals surface area contributed by atoms with Gasteiger partial charge in [0.15, 0.2) is 6.61 Å². The third kappa shape index (κ3) is 5.05. The van der Waals surface area contributed by atoms with E-state index < -0.39 is 0 Å². The Hall–Kier alpha value is -1.75. The van der Waals surface area contributed by atoms with Crippen molar-refractivity contribution < 1.29 is 14.6 Å². The van der Waals surface area contributed by atoms with Gasteiger partial charge in [-0.15, -0.1) is 0 Å². The summed E-state index contributed by atoms with van der Waals surface area (Å²) in [5.74, 6) is 0.684. The number of carbonyl (C=O) groups is 1. The standard InChI is InChI=1S/C13H20N2O3/c1-14(2)8-9-15(3)13(17)10-18-12-6-4-11(16)5-7-12/h4-7,16H,8-10H2,1-3H3. The minimum absolute atomic E-state index is 0.00863. The molecule has 100 valence electrons. The number of hydrogen-bond donors (Lipinski definition) is 1. The van der Waals surface area contributed by atoms with Gasteiger partial charge in [-0.05, 0) is 38.4 Å². The number of rotatable bonds is 6. The molecule has 0 unspecified atom stereocenters. The third-order valence-corrected chi connectivity index (χ3v) is 2.51. The topological polar surface area (TPSA) is 53.0 Å². The van der Waals surface area contributed by atoms with E-state index in [1.807, 2.05) is 19.0 Å². The molecule has 18 heavy (non-hydrogen) atoms. The average molecular weight is 252 g/mol. The predicted molar refractivity (Wildman–Crippen MR) is 69.8 cm³/mol. The Kier molecular flexibility index (Phi) is 5.45. The Morgan fingerprint density at radius 2 is 1.78 bits per heavy atom. The molecule has 0 atom stereocenters. The van der Waals surface area contributed by atoms with Crippen molar-refractivity contribution in [1.29, 1.82) is 0 Å². The molecule has 0 saturated carbocycles. The van der Waals surface area contributed by atoms with E-state index in [1.54, 1.807) is 24.1 Å². The zero-order valence-electron chi connectivity index (χ0n) is 11.1. The van der Waals surface area contributed by atoms with E-state index in [0.29, 0.717) is 12.3 Å². The largest absolute Gasteiger partial charge is 0.508 e. The van der Waals surface area contributed by atoms with Crippen LogP contribution in [0.2, 0.25) is 0 Å². The van der Waals surface area contributed by atoms with Crippen LogP contribution in [0.25, 0.3) is 0 Å². The Balaban J connectivity index is 2.34. The molecule has 1 amide bonds. The van der Waals surface area contributed by atoms with Crippen molar-refractivity contribution in [2.24, 2.45) is 0 Å². The van der Waals surface area contributed by atoms with Gasteiger partial charge >= 0.3 is 0 Å². The van der Waals surface area contributed by atoms with Crippen molar-refractivity contribution in [1.82, 2.24) is 9.80 Å². The van der Waals surface area contributed by atoms with Crippen molar-refractivity contribution in [2.45, 2.75) is 0 Å². The second kappa shape index (κ2) is 6.86. The third-order valence-electron chi connectivity index (χ3n) is 2.51. The molecule has 1 rings (SSSR count). The molecule has 1 aromatic carbocycles. The number of carbonyl (C=O) groups excluding carboxylic acids is 1. The number of likely N-dealkylation sites (N-methyl/N-ethyl adjacent to an activating group) is 2. The van der Waals surface area contributed by atoms with Crippen LogP contribution in [0.3, 0.4) is 0 Å². The first-order chi connectivity index (χ1) is 8.49. The number of phenolic OH excluding ortho intramolecular Hbond substituents is 1. The summed E-state index contributed by atoms with van der Waals surface area (Å²) in [7, 11) is 5.68. The lowest BCUT2D eigenvalue weighted by atomic mass is 10.3. The smallest absolute Gasteiger partial charge is 0.260 e. The van der Waals surface area contributed by atoms with Crippen LogP contribution in [0.15, 0.2) is 24.3 Å². The van der Waals surface area contributed by atoms with E-state index in [-0.39, 0.29) is 18.3 Å². The highest BCUT2D eigenvalue weighted by Crippen LogP contribution is 2.15. The van der Waals surface area contributed by atoms with Gasteiger partial charge in [-0.1, -0.05) is 0 Å². The molecule has 0 bridgehead atoms. The van der Waals surface area contributed by atoms with Gasteiger partial charge in [0, 0.05) is 20.1 Å². The fourth-order valence-electron chi connectivity index (χ4n) is 1.27. The molecular weight excluding hydrogens is 232 g/mol. The minimum Gasteiger partial charge on any atom is -0.508 e. The first-order valence-corrected chi connectivity index (χ1v) is 5.79. The van der Waals surface area contributed by atoms with Crippen LogP contribution in [0.5, 0.6) is 11.5 Å². The summed E-state index contributed by atoms with van der Waals surface area (Å²) in [6, 6.07) is 6.30. The first-order valence-electron chi connectivity index (χ1n) is 5.79. The summed E-state index contributed by atoms with van der Waals surface area (Å²) in [6.07, 6.45) is 0. The van der Waals surface area contributed by atoms with Crippen LogP contribution in [0.4, 0.5) is 0 Å². The molecule has 0 aliphatic rings. The van der Waals surface area contributed by atoms with Crippen molar-refractivity contribution in [2.75, 3.05) is 40.8 Å². The maximum Gasteiger partial charge on any atom is 0.260 e. The van der Waals surface area contributed by atoms with Crippen LogP contribution in [0, 0.1) is 0 Å². The molecule has 0 aliphatic heterocycles. The molecule has 0 fully saturated rings. The van der Waals surface area contributed by atoms with E-state index in [0.717, 1.165) is 6.54 Å². The van der Waals surface area contributed by atoms with Crippen LogP contribution < -0.4 is 4.74 Å². The summed E-state index contributed by atoms with van der Waals surface area (Å²) < 4.78 is 5.33. The fraction of sp³-hybridized carbons (Fsp3) is 0.462. The van der Waals surface area contributed by atoms with Crippen molar-refractivity contribution in [3.05, 3.63) is 24.3 Å². The van der Waals surface area contributed by atoms with Gasteiger partial charge in [0.1, 0.15) is 11.5 Å². The van der Waals surface area contributed by atoms with E-state index >= 15 is 0 Å². The van der Waals surface area contributed by atoms with Crippen molar-refractivity contribution >= 4 is 5.91 Å². The highest BCUT2D eigenvalue weighted by atomic mass is 16.5. The van der Waals surface area contributed by atoms with E-state index in [2.05, 4.69) is 0 Å². The average Bonchev–Trinajstić information content (AvgIpc) is 2.34. The molecule has 0 saturated heterocycles. The van der Waals surface area contributed by atoms with Crippen LogP contribution in [0.1, 0.15) is 0 Å². The molecular formula is C13H20N2O3. The number of aromatic hydroxyl groups is 1. The molecule has 0 aliphatic carbocycles. The maximum atomic E-state index is 11.7. The van der Waals surface area contributed by atoms with Gasteiger partial charge in [-0.2, -0.15) is 0 Å². The highest BCUT2D eigenvalue weighted by Gasteiger charge is 2.09. The monoisotopic (exact) mass is 252 g/mol. The second-order valence-electron chi connectivity index (χ2n) is 4.40. The Morgan fingerprint density at radius 3 is 2.33 bits per heavy atom. The van der Waals surface area contributed by atoms with Gasteiger partial charge in [-0.25, -0.2) is 0 Å². The fourth-order valence-corrected chi connectivity index (χ4v) is 1.27. The Bertz CT molecular complexity index is 376.